The third-order valence-electron chi connectivity index (χ3n) is 6.14. The van der Waals surface area contributed by atoms with Crippen LogP contribution in [0.5, 0.6) is 5.75 Å². The Bertz CT molecular complexity index is 582. The van der Waals surface area contributed by atoms with Crippen molar-refractivity contribution in [3.63, 3.8) is 0 Å². The first kappa shape index (κ1) is 26.3. The third kappa shape index (κ3) is 9.31. The summed E-state index contributed by atoms with van der Waals surface area (Å²) in [4.78, 5) is 2.64. The van der Waals surface area contributed by atoms with E-state index in [1.165, 1.54) is 44.3 Å². The van der Waals surface area contributed by atoms with Crippen molar-refractivity contribution in [2.24, 2.45) is 0 Å². The Morgan fingerprint density at radius 2 is 1.55 bits per heavy atom. The quantitative estimate of drug-likeness (QED) is 0.470. The summed E-state index contributed by atoms with van der Waals surface area (Å²) in [6.45, 7) is 18.2. The fourth-order valence-electron chi connectivity index (χ4n) is 4.59. The van der Waals surface area contributed by atoms with Gasteiger partial charge in [-0.1, -0.05) is 53.2 Å². The Morgan fingerprint density at radius 3 is 1.93 bits per heavy atom. The van der Waals surface area contributed by atoms with Crippen LogP contribution in [0.1, 0.15) is 86.1 Å². The summed E-state index contributed by atoms with van der Waals surface area (Å²) in [6.07, 6.45) is 6.01. The average Bonchev–Trinajstić information content (AvgIpc) is 2.61. The van der Waals surface area contributed by atoms with Gasteiger partial charge in [-0.05, 0) is 69.7 Å². The van der Waals surface area contributed by atoms with E-state index >= 15 is 0 Å². The zero-order valence-corrected chi connectivity index (χ0v) is 21.1. The van der Waals surface area contributed by atoms with Gasteiger partial charge in [0.05, 0.1) is 0 Å². The molecule has 0 unspecified atom stereocenters. The van der Waals surface area contributed by atoms with E-state index in [9.17, 15) is 5.11 Å². The summed E-state index contributed by atoms with van der Waals surface area (Å²) in [5.41, 5.74) is 1.57. The van der Waals surface area contributed by atoms with Crippen molar-refractivity contribution >= 4 is 12.6 Å². The molecule has 0 amide bonds. The zero-order valence-electron chi connectivity index (χ0n) is 20.2. The fourth-order valence-corrected chi connectivity index (χ4v) is 4.82. The highest BCUT2D eigenvalue weighted by molar-refractivity contribution is 7.81. The first-order valence-corrected chi connectivity index (χ1v) is 11.7. The van der Waals surface area contributed by atoms with Crippen LogP contribution in [0.25, 0.3) is 0 Å². The van der Waals surface area contributed by atoms with Gasteiger partial charge in [0.2, 0.25) is 0 Å². The summed E-state index contributed by atoms with van der Waals surface area (Å²) in [6, 6.07) is 8.37. The molecule has 1 aliphatic rings. The van der Waals surface area contributed by atoms with E-state index in [1.54, 1.807) is 12.1 Å². The van der Waals surface area contributed by atoms with Gasteiger partial charge in [0.1, 0.15) is 5.75 Å². The molecule has 168 valence electrons. The lowest BCUT2D eigenvalue weighted by molar-refractivity contribution is 0.0618. The number of benzene rings is 1. The Labute approximate surface area is 186 Å². The SMILES string of the molecule is CCCC(C)(C)S.CNC1CCN(C(C)(C)CC(C)(C)c2ccc(O)cc2)CC1. The number of hydrogen-bond acceptors (Lipinski definition) is 4. The Morgan fingerprint density at radius 1 is 1.03 bits per heavy atom. The molecule has 1 aromatic rings. The van der Waals surface area contributed by atoms with Crippen molar-refractivity contribution in [3.05, 3.63) is 29.8 Å². The van der Waals surface area contributed by atoms with Gasteiger partial charge in [-0.15, -0.1) is 0 Å². The second-order valence-electron chi connectivity index (χ2n) is 10.5. The zero-order chi connectivity index (χ0) is 22.3. The molecule has 1 aliphatic heterocycles. The minimum Gasteiger partial charge on any atom is -0.508 e. The molecule has 29 heavy (non-hydrogen) atoms. The van der Waals surface area contributed by atoms with Gasteiger partial charge in [-0.3, -0.25) is 4.90 Å². The van der Waals surface area contributed by atoms with Crippen LogP contribution in [-0.4, -0.2) is 46.5 Å². The van der Waals surface area contributed by atoms with Crippen molar-refractivity contribution in [2.45, 2.75) is 102 Å². The Hall–Kier alpha value is -0.710. The molecule has 2 rings (SSSR count). The maximum absolute atomic E-state index is 9.49. The van der Waals surface area contributed by atoms with Crippen molar-refractivity contribution < 1.29 is 5.11 Å². The number of nitrogens with zero attached hydrogens (tertiary/aromatic N) is 1. The van der Waals surface area contributed by atoms with Crippen molar-refractivity contribution in [2.75, 3.05) is 20.1 Å². The molecular weight excluding hydrogens is 376 g/mol. The second kappa shape index (κ2) is 11.1. The van der Waals surface area contributed by atoms with E-state index in [4.69, 9.17) is 0 Å². The molecule has 1 saturated heterocycles. The van der Waals surface area contributed by atoms with Gasteiger partial charge in [-0.25, -0.2) is 0 Å². The van der Waals surface area contributed by atoms with Gasteiger partial charge in [0.15, 0.2) is 0 Å². The topological polar surface area (TPSA) is 35.5 Å². The van der Waals surface area contributed by atoms with Crippen LogP contribution in [0.3, 0.4) is 0 Å². The van der Waals surface area contributed by atoms with Crippen LogP contribution in [0.15, 0.2) is 24.3 Å². The van der Waals surface area contributed by atoms with Crippen molar-refractivity contribution in [1.29, 1.82) is 0 Å². The van der Waals surface area contributed by atoms with Crippen LogP contribution < -0.4 is 5.32 Å². The molecule has 2 N–H and O–H groups in total. The molecule has 1 aromatic carbocycles. The van der Waals surface area contributed by atoms with Crippen molar-refractivity contribution in [3.8, 4) is 5.75 Å². The minimum atomic E-state index is 0.0943. The number of phenols is 1. The lowest BCUT2D eigenvalue weighted by atomic mass is 9.74. The monoisotopic (exact) mass is 422 g/mol. The molecule has 0 radical (unpaired) electrons. The summed E-state index contributed by atoms with van der Waals surface area (Å²) in [7, 11) is 2.07. The molecule has 1 heterocycles. The van der Waals surface area contributed by atoms with E-state index in [2.05, 4.69) is 90.5 Å². The Kier molecular flexibility index (Phi) is 10.0. The molecule has 1 fully saturated rings. The van der Waals surface area contributed by atoms with Gasteiger partial charge < -0.3 is 10.4 Å². The lowest BCUT2D eigenvalue weighted by Crippen LogP contribution is -2.52. The number of likely N-dealkylation sites (tertiary alicyclic amines) is 1. The largest absolute Gasteiger partial charge is 0.508 e. The van der Waals surface area contributed by atoms with E-state index in [-0.39, 0.29) is 15.7 Å². The number of rotatable bonds is 7. The summed E-state index contributed by atoms with van der Waals surface area (Å²) in [5.74, 6) is 0.341. The van der Waals surface area contributed by atoms with E-state index < -0.39 is 0 Å². The predicted molar refractivity (Wildman–Crippen MR) is 131 cm³/mol. The summed E-state index contributed by atoms with van der Waals surface area (Å²) < 4.78 is 0.245. The van der Waals surface area contributed by atoms with Gasteiger partial charge in [-0.2, -0.15) is 12.6 Å². The smallest absolute Gasteiger partial charge is 0.115 e. The normalized spacial score (nSPS) is 17.0. The Balaban J connectivity index is 0.000000516. The van der Waals surface area contributed by atoms with E-state index in [0.717, 1.165) is 6.42 Å². The number of aromatic hydroxyl groups is 1. The molecule has 0 aliphatic carbocycles. The van der Waals surface area contributed by atoms with Crippen LogP contribution >= 0.6 is 12.6 Å². The molecule has 0 atom stereocenters. The van der Waals surface area contributed by atoms with Gasteiger partial charge >= 0.3 is 0 Å². The molecule has 0 spiro atoms. The van der Waals surface area contributed by atoms with Crippen LogP contribution in [0.2, 0.25) is 0 Å². The second-order valence-corrected chi connectivity index (χ2v) is 11.7. The summed E-state index contributed by atoms with van der Waals surface area (Å²) in [5, 5.41) is 12.9. The fraction of sp³-hybridized carbons (Fsp3) is 0.760. The molecular formula is C25H46N2OS. The number of thiol groups is 1. The number of hydrogen-bond donors (Lipinski definition) is 3. The van der Waals surface area contributed by atoms with E-state index in [1.807, 2.05) is 0 Å². The number of nitrogens with one attached hydrogen (secondary N) is 1. The minimum absolute atomic E-state index is 0.0943. The highest BCUT2D eigenvalue weighted by atomic mass is 32.1. The first-order valence-electron chi connectivity index (χ1n) is 11.2. The van der Waals surface area contributed by atoms with Crippen LogP contribution in [0.4, 0.5) is 0 Å². The number of piperidine rings is 1. The highest BCUT2D eigenvalue weighted by Gasteiger charge is 2.36. The molecule has 0 bridgehead atoms. The van der Waals surface area contributed by atoms with Gasteiger partial charge in [0, 0.05) is 29.4 Å². The maximum atomic E-state index is 9.49. The highest BCUT2D eigenvalue weighted by Crippen LogP contribution is 2.36. The summed E-state index contributed by atoms with van der Waals surface area (Å²) >= 11 is 4.33. The first-order chi connectivity index (χ1) is 13.3. The third-order valence-corrected chi connectivity index (χ3v) is 6.37. The molecule has 3 nitrogen and oxygen atoms in total. The van der Waals surface area contributed by atoms with Gasteiger partial charge in [0.25, 0.3) is 0 Å². The van der Waals surface area contributed by atoms with E-state index in [0.29, 0.717) is 11.8 Å². The molecule has 0 saturated carbocycles. The van der Waals surface area contributed by atoms with Crippen LogP contribution in [-0.2, 0) is 5.41 Å². The molecule has 0 aromatic heterocycles. The average molecular weight is 423 g/mol. The maximum Gasteiger partial charge on any atom is 0.115 e. The number of phenolic OH excluding ortho intramolecular Hbond substituents is 1. The van der Waals surface area contributed by atoms with Crippen LogP contribution in [0, 0.1) is 0 Å². The predicted octanol–water partition coefficient (Wildman–Crippen LogP) is 6.02. The standard InChI is InChI=1S/C19H32N2O.C6H14S/c1-18(2,15-6-8-17(22)9-7-15)14-19(3,4)21-12-10-16(20-5)11-13-21;1-4-5-6(2,3)7/h6-9,16,20,22H,10-14H2,1-5H3;7H,4-5H2,1-3H3. The molecule has 4 heteroatoms. The van der Waals surface area contributed by atoms with Crippen molar-refractivity contribution in [1.82, 2.24) is 10.2 Å². The lowest BCUT2D eigenvalue weighted by Gasteiger charge is -2.46.